The van der Waals surface area contributed by atoms with Crippen LogP contribution in [0.4, 0.5) is 11.5 Å². The summed E-state index contributed by atoms with van der Waals surface area (Å²) in [6.07, 6.45) is 1.16. The molecule has 0 atom stereocenters. The van der Waals surface area contributed by atoms with E-state index in [0.29, 0.717) is 5.82 Å². The summed E-state index contributed by atoms with van der Waals surface area (Å²) in [5.41, 5.74) is -0.0569. The van der Waals surface area contributed by atoms with E-state index >= 15 is 0 Å². The van der Waals surface area contributed by atoms with Gasteiger partial charge in [-0.2, -0.15) is 9.97 Å². The van der Waals surface area contributed by atoms with Gasteiger partial charge < -0.3 is 9.84 Å². The minimum absolute atomic E-state index is 0.0160. The lowest BCUT2D eigenvalue weighted by Crippen LogP contribution is -2.08. The van der Waals surface area contributed by atoms with Crippen molar-refractivity contribution in [2.24, 2.45) is 0 Å². The Bertz CT molecular complexity index is 572. The van der Waals surface area contributed by atoms with E-state index in [4.69, 9.17) is 11.6 Å². The lowest BCUT2D eigenvalue weighted by atomic mass is 10.3. The van der Waals surface area contributed by atoms with Crippen molar-refractivity contribution in [3.05, 3.63) is 33.3 Å². The van der Waals surface area contributed by atoms with Gasteiger partial charge in [-0.1, -0.05) is 5.16 Å². The maximum absolute atomic E-state index is 10.9. The lowest BCUT2D eigenvalue weighted by molar-refractivity contribution is -0.385. The number of nitrogens with one attached hydrogen (secondary N) is 1. The Morgan fingerprint density at radius 3 is 2.94 bits per heavy atom. The van der Waals surface area contributed by atoms with Gasteiger partial charge in [-0.15, -0.1) is 0 Å². The SMILES string of the molecule is Cc1nc(Cl)nc(NCc2ncon2)c1[N+](=O)[O-]. The average molecular weight is 271 g/mol. The summed E-state index contributed by atoms with van der Waals surface area (Å²) >= 11 is 5.65. The second-order valence-corrected chi connectivity index (χ2v) is 3.57. The summed E-state index contributed by atoms with van der Waals surface area (Å²) in [6, 6.07) is 0. The molecule has 0 saturated heterocycles. The molecular formula is C8H7ClN6O3. The Morgan fingerprint density at radius 2 is 2.33 bits per heavy atom. The van der Waals surface area contributed by atoms with Crippen LogP contribution in [0.25, 0.3) is 0 Å². The molecule has 0 unspecified atom stereocenters. The van der Waals surface area contributed by atoms with Crippen molar-refractivity contribution < 1.29 is 9.45 Å². The van der Waals surface area contributed by atoms with Crippen LogP contribution in [0, 0.1) is 17.0 Å². The molecule has 0 amide bonds. The van der Waals surface area contributed by atoms with Crippen LogP contribution < -0.4 is 5.32 Å². The number of nitro groups is 1. The van der Waals surface area contributed by atoms with E-state index in [-0.39, 0.29) is 29.0 Å². The molecule has 0 spiro atoms. The molecule has 0 bridgehead atoms. The predicted molar refractivity (Wildman–Crippen MR) is 60.1 cm³/mol. The molecule has 0 radical (unpaired) electrons. The quantitative estimate of drug-likeness (QED) is 0.502. The molecular weight excluding hydrogens is 264 g/mol. The largest absolute Gasteiger partial charge is 0.357 e. The third-order valence-corrected chi connectivity index (χ3v) is 2.20. The van der Waals surface area contributed by atoms with Crippen LogP contribution in [-0.4, -0.2) is 25.0 Å². The molecule has 0 aliphatic rings. The molecule has 2 aromatic rings. The van der Waals surface area contributed by atoms with Gasteiger partial charge in [0.05, 0.1) is 11.5 Å². The predicted octanol–water partition coefficient (Wildman–Crippen LogP) is 1.34. The average Bonchev–Trinajstić information content (AvgIpc) is 2.77. The van der Waals surface area contributed by atoms with E-state index in [1.54, 1.807) is 0 Å². The normalized spacial score (nSPS) is 10.3. The first-order valence-corrected chi connectivity index (χ1v) is 5.13. The molecule has 10 heteroatoms. The third-order valence-electron chi connectivity index (χ3n) is 2.03. The molecule has 0 aliphatic heterocycles. The van der Waals surface area contributed by atoms with Crippen molar-refractivity contribution in [3.63, 3.8) is 0 Å². The van der Waals surface area contributed by atoms with Gasteiger partial charge in [-0.05, 0) is 18.5 Å². The molecule has 0 saturated carbocycles. The molecule has 94 valence electrons. The topological polar surface area (TPSA) is 120 Å². The summed E-state index contributed by atoms with van der Waals surface area (Å²) in [6.45, 7) is 1.61. The smallest absolute Gasteiger partial charge is 0.332 e. The highest BCUT2D eigenvalue weighted by Crippen LogP contribution is 2.26. The summed E-state index contributed by atoms with van der Waals surface area (Å²) in [7, 11) is 0. The molecule has 18 heavy (non-hydrogen) atoms. The molecule has 2 heterocycles. The highest BCUT2D eigenvalue weighted by molar-refractivity contribution is 6.28. The highest BCUT2D eigenvalue weighted by Gasteiger charge is 2.21. The van der Waals surface area contributed by atoms with Gasteiger partial charge in [0, 0.05) is 0 Å². The number of anilines is 1. The Morgan fingerprint density at radius 1 is 1.56 bits per heavy atom. The molecule has 9 nitrogen and oxygen atoms in total. The second-order valence-electron chi connectivity index (χ2n) is 3.23. The van der Waals surface area contributed by atoms with Crippen molar-refractivity contribution >= 4 is 23.1 Å². The van der Waals surface area contributed by atoms with E-state index in [0.717, 1.165) is 6.39 Å². The van der Waals surface area contributed by atoms with Crippen molar-refractivity contribution in [1.29, 1.82) is 0 Å². The first-order chi connectivity index (χ1) is 8.58. The number of aromatic nitrogens is 4. The number of hydrogen-bond donors (Lipinski definition) is 1. The summed E-state index contributed by atoms with van der Waals surface area (Å²) in [5, 5.41) is 17.1. The van der Waals surface area contributed by atoms with Crippen molar-refractivity contribution in [2.45, 2.75) is 13.5 Å². The highest BCUT2D eigenvalue weighted by atomic mass is 35.5. The Hall–Kier alpha value is -2.29. The van der Waals surface area contributed by atoms with Crippen LogP contribution in [0.1, 0.15) is 11.5 Å². The van der Waals surface area contributed by atoms with Crippen LogP contribution in [-0.2, 0) is 6.54 Å². The maximum atomic E-state index is 10.9. The van der Waals surface area contributed by atoms with Crippen LogP contribution in [0.2, 0.25) is 5.28 Å². The third kappa shape index (κ3) is 2.51. The van der Waals surface area contributed by atoms with Crippen molar-refractivity contribution in [3.8, 4) is 0 Å². The molecule has 2 rings (SSSR count). The standard InChI is InChI=1S/C8H7ClN6O3/c1-4-6(15(16)17)7(13-8(9)12-4)10-2-5-11-3-18-14-5/h3H,2H2,1H3,(H,10,12,13). The van der Waals surface area contributed by atoms with Gasteiger partial charge in [-0.3, -0.25) is 10.1 Å². The Labute approximate surface area is 105 Å². The molecule has 0 aliphatic carbocycles. The maximum Gasteiger partial charge on any atom is 0.332 e. The Kier molecular flexibility index (Phi) is 3.33. The van der Waals surface area contributed by atoms with Gasteiger partial charge in [-0.25, -0.2) is 4.98 Å². The minimum atomic E-state index is -0.579. The summed E-state index contributed by atoms with van der Waals surface area (Å²) in [5.74, 6) is 0.360. The first-order valence-electron chi connectivity index (χ1n) is 4.75. The van der Waals surface area contributed by atoms with Crippen molar-refractivity contribution in [2.75, 3.05) is 5.32 Å². The van der Waals surface area contributed by atoms with Gasteiger partial charge in [0.2, 0.25) is 17.5 Å². The van der Waals surface area contributed by atoms with E-state index in [1.807, 2.05) is 0 Å². The second kappa shape index (κ2) is 4.92. The number of halogens is 1. The van der Waals surface area contributed by atoms with Crippen molar-refractivity contribution in [1.82, 2.24) is 20.1 Å². The molecule has 1 N–H and O–H groups in total. The number of nitrogens with zero attached hydrogens (tertiary/aromatic N) is 5. The number of rotatable bonds is 4. The fourth-order valence-electron chi connectivity index (χ4n) is 1.31. The van der Waals surface area contributed by atoms with Crippen LogP contribution in [0.15, 0.2) is 10.9 Å². The van der Waals surface area contributed by atoms with Crippen LogP contribution in [0.5, 0.6) is 0 Å². The van der Waals surface area contributed by atoms with Gasteiger partial charge >= 0.3 is 5.69 Å². The zero-order valence-electron chi connectivity index (χ0n) is 9.12. The zero-order chi connectivity index (χ0) is 13.1. The van der Waals surface area contributed by atoms with Crippen LogP contribution >= 0.6 is 11.6 Å². The fourth-order valence-corrected chi connectivity index (χ4v) is 1.52. The van der Waals surface area contributed by atoms with Gasteiger partial charge in [0.1, 0.15) is 5.69 Å². The lowest BCUT2D eigenvalue weighted by Gasteiger charge is -2.05. The molecule has 0 aromatic carbocycles. The zero-order valence-corrected chi connectivity index (χ0v) is 9.88. The van der Waals surface area contributed by atoms with Gasteiger partial charge in [0.15, 0.2) is 5.82 Å². The Balaban J connectivity index is 2.28. The number of hydrogen-bond acceptors (Lipinski definition) is 8. The van der Waals surface area contributed by atoms with Gasteiger partial charge in [0.25, 0.3) is 0 Å². The van der Waals surface area contributed by atoms with E-state index in [2.05, 4.69) is 29.9 Å². The first kappa shape index (κ1) is 12.2. The molecule has 0 fully saturated rings. The van der Waals surface area contributed by atoms with E-state index < -0.39 is 4.92 Å². The van der Waals surface area contributed by atoms with E-state index in [1.165, 1.54) is 6.92 Å². The van der Waals surface area contributed by atoms with E-state index in [9.17, 15) is 10.1 Å². The number of aryl methyl sites for hydroxylation is 1. The summed E-state index contributed by atoms with van der Waals surface area (Å²) in [4.78, 5) is 21.6. The monoisotopic (exact) mass is 270 g/mol. The van der Waals surface area contributed by atoms with Crippen LogP contribution in [0.3, 0.4) is 0 Å². The fraction of sp³-hybridized carbons (Fsp3) is 0.250. The molecule has 2 aromatic heterocycles. The minimum Gasteiger partial charge on any atom is -0.357 e. The summed E-state index contributed by atoms with van der Waals surface area (Å²) < 4.78 is 4.53.